The molecule has 0 amide bonds. The molecule has 3 heteroatoms. The van der Waals surface area contributed by atoms with Gasteiger partial charge in [0.25, 0.3) is 0 Å². The maximum atomic E-state index is 13.1. The molecule has 0 radical (unpaired) electrons. The average molecular weight is 321 g/mol. The Morgan fingerprint density at radius 2 is 1.84 bits per heavy atom. The highest BCUT2D eigenvalue weighted by Gasteiger charge is 2.17. The first kappa shape index (κ1) is 12.8. The molecule has 2 aromatic carbocycles. The maximum absolute atomic E-state index is 13.1. The molecule has 19 heavy (non-hydrogen) atoms. The first-order valence-electron chi connectivity index (χ1n) is 6.40. The zero-order valence-corrected chi connectivity index (χ0v) is 12.0. The summed E-state index contributed by atoms with van der Waals surface area (Å²) in [5, 5.41) is 10.4. The van der Waals surface area contributed by atoms with Crippen LogP contribution in [0.4, 0.5) is 4.39 Å². The monoisotopic (exact) mass is 320 g/mol. The number of benzene rings is 2. The molecule has 1 unspecified atom stereocenters. The summed E-state index contributed by atoms with van der Waals surface area (Å²) < 4.78 is 13.7. The Hall–Kier alpha value is -1.19. The lowest BCUT2D eigenvalue weighted by molar-refractivity contribution is 0.219. The first-order chi connectivity index (χ1) is 9.15. The molecule has 0 heterocycles. The van der Waals surface area contributed by atoms with Gasteiger partial charge in [-0.25, -0.2) is 4.39 Å². The molecule has 1 aliphatic carbocycles. The smallest absolute Gasteiger partial charge is 0.124 e. The van der Waals surface area contributed by atoms with Crippen molar-refractivity contribution in [3.05, 3.63) is 68.9 Å². The van der Waals surface area contributed by atoms with E-state index in [-0.39, 0.29) is 5.82 Å². The second kappa shape index (κ2) is 5.06. The molecule has 0 saturated heterocycles. The van der Waals surface area contributed by atoms with Crippen molar-refractivity contribution in [1.82, 2.24) is 0 Å². The predicted octanol–water partition coefficient (Wildman–Crippen LogP) is 4.16. The number of rotatable bonds is 2. The largest absolute Gasteiger partial charge is 0.384 e. The maximum Gasteiger partial charge on any atom is 0.124 e. The Morgan fingerprint density at radius 3 is 2.63 bits per heavy atom. The van der Waals surface area contributed by atoms with Crippen LogP contribution in [0.15, 0.2) is 40.9 Å². The molecular weight excluding hydrogens is 307 g/mol. The lowest BCUT2D eigenvalue weighted by atomic mass is 9.98. The fraction of sp³-hybridized carbons (Fsp3) is 0.250. The van der Waals surface area contributed by atoms with Crippen LogP contribution in [0.3, 0.4) is 0 Å². The summed E-state index contributed by atoms with van der Waals surface area (Å²) in [6.07, 6.45) is 2.68. The third-order valence-corrected chi connectivity index (χ3v) is 4.38. The van der Waals surface area contributed by atoms with Gasteiger partial charge in [-0.05, 0) is 53.6 Å². The summed E-state index contributed by atoms with van der Waals surface area (Å²) >= 11 is 3.31. The summed E-state index contributed by atoms with van der Waals surface area (Å²) in [6, 6.07) is 10.5. The van der Waals surface area contributed by atoms with Crippen molar-refractivity contribution in [3.8, 4) is 0 Å². The van der Waals surface area contributed by atoms with Crippen molar-refractivity contribution in [2.24, 2.45) is 0 Å². The number of aliphatic hydroxyl groups excluding tert-OH is 1. The summed E-state index contributed by atoms with van der Waals surface area (Å²) in [6.45, 7) is 0. The van der Waals surface area contributed by atoms with E-state index in [1.165, 1.54) is 29.7 Å². The van der Waals surface area contributed by atoms with E-state index in [4.69, 9.17) is 0 Å². The zero-order chi connectivity index (χ0) is 13.4. The van der Waals surface area contributed by atoms with Gasteiger partial charge in [0.1, 0.15) is 11.9 Å². The van der Waals surface area contributed by atoms with E-state index in [0.29, 0.717) is 10.0 Å². The number of hydrogen-bond acceptors (Lipinski definition) is 1. The minimum absolute atomic E-state index is 0.309. The fourth-order valence-corrected chi connectivity index (χ4v) is 3.23. The molecule has 1 N–H and O–H groups in total. The second-order valence-corrected chi connectivity index (χ2v) is 5.80. The van der Waals surface area contributed by atoms with Crippen LogP contribution in [0.25, 0.3) is 0 Å². The van der Waals surface area contributed by atoms with Crippen LogP contribution in [0.5, 0.6) is 0 Å². The number of aliphatic hydroxyl groups is 1. The molecule has 0 aromatic heterocycles. The molecule has 0 bridgehead atoms. The Morgan fingerprint density at radius 1 is 1.05 bits per heavy atom. The molecule has 98 valence electrons. The van der Waals surface area contributed by atoms with E-state index in [2.05, 4.69) is 28.1 Å². The number of fused-ring (bicyclic) bond motifs is 1. The average Bonchev–Trinajstić information content (AvgIpc) is 2.85. The molecule has 1 atom stereocenters. The Kier molecular flexibility index (Phi) is 3.42. The highest BCUT2D eigenvalue weighted by Crippen LogP contribution is 2.32. The van der Waals surface area contributed by atoms with Crippen molar-refractivity contribution < 1.29 is 9.50 Å². The van der Waals surface area contributed by atoms with Gasteiger partial charge in [-0.1, -0.05) is 40.2 Å². The van der Waals surface area contributed by atoms with Crippen LogP contribution < -0.4 is 0 Å². The lowest BCUT2D eigenvalue weighted by Gasteiger charge is -2.14. The van der Waals surface area contributed by atoms with Crippen LogP contribution in [-0.4, -0.2) is 5.11 Å². The van der Waals surface area contributed by atoms with Gasteiger partial charge in [0.15, 0.2) is 0 Å². The third-order valence-electron chi connectivity index (χ3n) is 3.70. The first-order valence-corrected chi connectivity index (χ1v) is 7.19. The molecule has 0 aliphatic heterocycles. The van der Waals surface area contributed by atoms with E-state index < -0.39 is 6.10 Å². The van der Waals surface area contributed by atoms with Crippen molar-refractivity contribution in [3.63, 3.8) is 0 Å². The topological polar surface area (TPSA) is 20.2 Å². The summed E-state index contributed by atoms with van der Waals surface area (Å²) in [5.74, 6) is -0.309. The van der Waals surface area contributed by atoms with Gasteiger partial charge >= 0.3 is 0 Å². The molecule has 0 fully saturated rings. The minimum atomic E-state index is -0.721. The van der Waals surface area contributed by atoms with E-state index in [1.807, 2.05) is 6.07 Å². The molecule has 2 aromatic rings. The SMILES string of the molecule is OC(c1ccc2c(c1)CCC2)c1ccc(F)cc1Br. The van der Waals surface area contributed by atoms with E-state index in [9.17, 15) is 9.50 Å². The molecule has 0 saturated carbocycles. The standard InChI is InChI=1S/C16H14BrFO/c17-15-9-13(18)6-7-14(15)16(19)12-5-4-10-2-1-3-11(10)8-12/h4-9,16,19H,1-3H2. The minimum Gasteiger partial charge on any atom is -0.384 e. The normalized spacial score (nSPS) is 15.3. The lowest BCUT2D eigenvalue weighted by Crippen LogP contribution is -2.02. The van der Waals surface area contributed by atoms with E-state index in [0.717, 1.165) is 18.4 Å². The molecule has 1 aliphatic rings. The van der Waals surface area contributed by atoms with Crippen molar-refractivity contribution >= 4 is 15.9 Å². The van der Waals surface area contributed by atoms with Crippen LogP contribution in [-0.2, 0) is 12.8 Å². The highest BCUT2D eigenvalue weighted by atomic mass is 79.9. The van der Waals surface area contributed by atoms with Crippen molar-refractivity contribution in [2.45, 2.75) is 25.4 Å². The van der Waals surface area contributed by atoms with Gasteiger partial charge in [-0.2, -0.15) is 0 Å². The molecule has 0 spiro atoms. The van der Waals surface area contributed by atoms with Gasteiger partial charge in [0.05, 0.1) is 0 Å². The van der Waals surface area contributed by atoms with Gasteiger partial charge in [-0.3, -0.25) is 0 Å². The van der Waals surface area contributed by atoms with Gasteiger partial charge in [0, 0.05) is 4.47 Å². The molecule has 3 rings (SSSR count). The van der Waals surface area contributed by atoms with Crippen LogP contribution in [0.1, 0.15) is 34.8 Å². The predicted molar refractivity (Wildman–Crippen MR) is 76.6 cm³/mol. The van der Waals surface area contributed by atoms with Gasteiger partial charge < -0.3 is 5.11 Å². The molecule has 1 nitrogen and oxygen atoms in total. The molecular formula is C16H14BrFO. The summed E-state index contributed by atoms with van der Waals surface area (Å²) in [7, 11) is 0. The fourth-order valence-electron chi connectivity index (χ4n) is 2.66. The van der Waals surface area contributed by atoms with Gasteiger partial charge in [-0.15, -0.1) is 0 Å². The number of halogens is 2. The van der Waals surface area contributed by atoms with Crippen LogP contribution in [0, 0.1) is 5.82 Å². The van der Waals surface area contributed by atoms with Crippen molar-refractivity contribution in [1.29, 1.82) is 0 Å². The quantitative estimate of drug-likeness (QED) is 0.881. The van der Waals surface area contributed by atoms with Crippen LogP contribution in [0.2, 0.25) is 0 Å². The van der Waals surface area contributed by atoms with E-state index in [1.54, 1.807) is 6.07 Å². The second-order valence-electron chi connectivity index (χ2n) is 4.95. The van der Waals surface area contributed by atoms with Crippen molar-refractivity contribution in [2.75, 3.05) is 0 Å². The van der Waals surface area contributed by atoms with Crippen LogP contribution >= 0.6 is 15.9 Å². The Balaban J connectivity index is 1.97. The highest BCUT2D eigenvalue weighted by molar-refractivity contribution is 9.10. The Labute approximate surface area is 120 Å². The number of hydrogen-bond donors (Lipinski definition) is 1. The summed E-state index contributed by atoms with van der Waals surface area (Å²) in [5.41, 5.74) is 4.27. The number of aryl methyl sites for hydroxylation is 2. The Bertz CT molecular complexity index is 624. The zero-order valence-electron chi connectivity index (χ0n) is 10.4. The third kappa shape index (κ3) is 2.45. The van der Waals surface area contributed by atoms with Gasteiger partial charge in [0.2, 0.25) is 0 Å². The summed E-state index contributed by atoms with van der Waals surface area (Å²) in [4.78, 5) is 0. The van der Waals surface area contributed by atoms with E-state index >= 15 is 0 Å².